The SMILES string of the molecule is BC1CC(COC(C)=O)C(O)C1O. The van der Waals surface area contributed by atoms with Crippen molar-refractivity contribution in [1.82, 2.24) is 0 Å². The molecule has 0 amide bonds. The third-order valence-electron chi connectivity index (χ3n) is 2.59. The van der Waals surface area contributed by atoms with Crippen molar-refractivity contribution < 1.29 is 19.7 Å². The second-order valence-corrected chi connectivity index (χ2v) is 3.76. The van der Waals surface area contributed by atoms with Gasteiger partial charge in [0.1, 0.15) is 7.85 Å². The van der Waals surface area contributed by atoms with Crippen molar-refractivity contribution in [2.45, 2.75) is 31.4 Å². The summed E-state index contributed by atoms with van der Waals surface area (Å²) < 4.78 is 4.78. The topological polar surface area (TPSA) is 66.8 Å². The van der Waals surface area contributed by atoms with Gasteiger partial charge in [0.2, 0.25) is 0 Å². The second kappa shape index (κ2) is 4.11. The van der Waals surface area contributed by atoms with E-state index in [1.807, 2.05) is 7.85 Å². The maximum Gasteiger partial charge on any atom is 0.302 e. The summed E-state index contributed by atoms with van der Waals surface area (Å²) in [5.41, 5.74) is 0. The first kappa shape index (κ1) is 10.5. The number of aliphatic hydroxyl groups is 2. The Kier molecular flexibility index (Phi) is 3.33. The molecule has 1 rings (SSSR count). The van der Waals surface area contributed by atoms with E-state index in [1.54, 1.807) is 0 Å². The molecule has 2 N–H and O–H groups in total. The predicted octanol–water partition coefficient (Wildman–Crippen LogP) is -1.29. The van der Waals surface area contributed by atoms with E-state index in [0.717, 1.165) is 0 Å². The Morgan fingerprint density at radius 2 is 2.15 bits per heavy atom. The zero-order valence-electron chi connectivity index (χ0n) is 7.93. The van der Waals surface area contributed by atoms with Gasteiger partial charge >= 0.3 is 5.97 Å². The molecule has 0 aliphatic heterocycles. The van der Waals surface area contributed by atoms with Gasteiger partial charge in [-0.25, -0.2) is 0 Å². The van der Waals surface area contributed by atoms with Gasteiger partial charge in [-0.05, 0) is 12.2 Å². The molecule has 0 aromatic rings. The zero-order valence-corrected chi connectivity index (χ0v) is 7.93. The van der Waals surface area contributed by atoms with E-state index in [2.05, 4.69) is 0 Å². The monoisotopic (exact) mass is 186 g/mol. The standard InChI is InChI=1S/C8H15BO4/c1-4(10)13-3-5-2-6(9)8(12)7(5)11/h5-8,11-12H,2-3,9H2,1H3. The first-order chi connectivity index (χ1) is 6.02. The van der Waals surface area contributed by atoms with Gasteiger partial charge in [-0.1, -0.05) is 0 Å². The Balaban J connectivity index is 2.40. The van der Waals surface area contributed by atoms with Crippen molar-refractivity contribution in [2.75, 3.05) is 6.61 Å². The number of rotatable bonds is 2. The summed E-state index contributed by atoms with van der Waals surface area (Å²) >= 11 is 0. The minimum absolute atomic E-state index is 0.0792. The summed E-state index contributed by atoms with van der Waals surface area (Å²) in [5, 5.41) is 18.9. The molecule has 1 aliphatic carbocycles. The molecule has 0 spiro atoms. The normalized spacial score (nSPS) is 39.0. The van der Waals surface area contributed by atoms with E-state index in [-0.39, 0.29) is 24.3 Å². The molecule has 4 nitrogen and oxygen atoms in total. The van der Waals surface area contributed by atoms with Gasteiger partial charge < -0.3 is 14.9 Å². The smallest absolute Gasteiger partial charge is 0.302 e. The fraction of sp³-hybridized carbons (Fsp3) is 0.875. The molecule has 0 bridgehead atoms. The van der Waals surface area contributed by atoms with Crippen molar-refractivity contribution in [3.05, 3.63) is 0 Å². The van der Waals surface area contributed by atoms with E-state index < -0.39 is 12.2 Å². The minimum atomic E-state index is -0.755. The van der Waals surface area contributed by atoms with Gasteiger partial charge in [0.15, 0.2) is 0 Å². The molecule has 5 heteroatoms. The fourth-order valence-electron chi connectivity index (χ4n) is 1.76. The number of hydrogen-bond donors (Lipinski definition) is 2. The quantitative estimate of drug-likeness (QED) is 0.416. The lowest BCUT2D eigenvalue weighted by Gasteiger charge is -2.15. The van der Waals surface area contributed by atoms with Gasteiger partial charge in [0.05, 0.1) is 18.8 Å². The highest BCUT2D eigenvalue weighted by Gasteiger charge is 2.39. The average molecular weight is 186 g/mol. The number of ether oxygens (including phenoxy) is 1. The Morgan fingerprint density at radius 1 is 1.54 bits per heavy atom. The molecule has 4 unspecified atom stereocenters. The lowest BCUT2D eigenvalue weighted by Crippen LogP contribution is -2.29. The Labute approximate surface area is 78.3 Å². The molecular formula is C8H15BO4. The van der Waals surface area contributed by atoms with Crippen LogP contribution in [0.15, 0.2) is 0 Å². The van der Waals surface area contributed by atoms with Gasteiger partial charge in [-0.3, -0.25) is 4.79 Å². The molecule has 0 heterocycles. The van der Waals surface area contributed by atoms with Crippen LogP contribution in [-0.2, 0) is 9.53 Å². The van der Waals surface area contributed by atoms with Crippen molar-refractivity contribution in [3.63, 3.8) is 0 Å². The predicted molar refractivity (Wildman–Crippen MR) is 49.0 cm³/mol. The highest BCUT2D eigenvalue weighted by atomic mass is 16.5. The average Bonchev–Trinajstić information content (AvgIpc) is 2.29. The Hall–Kier alpha value is -0.545. The van der Waals surface area contributed by atoms with Crippen LogP contribution in [0.1, 0.15) is 13.3 Å². The molecule has 0 radical (unpaired) electrons. The lowest BCUT2D eigenvalue weighted by atomic mass is 9.84. The van der Waals surface area contributed by atoms with Crippen LogP contribution in [0.25, 0.3) is 0 Å². The van der Waals surface area contributed by atoms with Crippen molar-refractivity contribution in [3.8, 4) is 0 Å². The molecule has 1 fully saturated rings. The Morgan fingerprint density at radius 3 is 2.54 bits per heavy atom. The molecule has 1 saturated carbocycles. The van der Waals surface area contributed by atoms with E-state index in [4.69, 9.17) is 4.74 Å². The van der Waals surface area contributed by atoms with Gasteiger partial charge in [-0.15, -0.1) is 0 Å². The second-order valence-electron chi connectivity index (χ2n) is 3.76. The van der Waals surface area contributed by atoms with Crippen LogP contribution < -0.4 is 0 Å². The zero-order chi connectivity index (χ0) is 10.0. The van der Waals surface area contributed by atoms with Crippen LogP contribution in [0.5, 0.6) is 0 Å². The molecule has 0 aromatic carbocycles. The van der Waals surface area contributed by atoms with E-state index in [1.165, 1.54) is 6.92 Å². The minimum Gasteiger partial charge on any atom is -0.465 e. The summed E-state index contributed by atoms with van der Waals surface area (Å²) in [6.07, 6.45) is -0.731. The fourth-order valence-corrected chi connectivity index (χ4v) is 1.76. The third kappa shape index (κ3) is 2.45. The highest BCUT2D eigenvalue weighted by molar-refractivity contribution is 6.12. The summed E-state index contributed by atoms with van der Waals surface area (Å²) in [4.78, 5) is 10.5. The number of carbonyl (C=O) groups is 1. The molecule has 0 saturated heterocycles. The van der Waals surface area contributed by atoms with Gasteiger partial charge in [0, 0.05) is 12.8 Å². The Bertz CT molecular complexity index is 197. The van der Waals surface area contributed by atoms with Crippen LogP contribution in [-0.4, -0.2) is 42.8 Å². The third-order valence-corrected chi connectivity index (χ3v) is 2.59. The maximum atomic E-state index is 10.5. The number of carbonyl (C=O) groups excluding carboxylic acids is 1. The number of esters is 1. The van der Waals surface area contributed by atoms with Crippen molar-refractivity contribution >= 4 is 13.8 Å². The summed E-state index contributed by atoms with van der Waals surface area (Å²) in [6.45, 7) is 1.54. The van der Waals surface area contributed by atoms with Crippen LogP contribution in [0.2, 0.25) is 5.82 Å². The van der Waals surface area contributed by atoms with Crippen molar-refractivity contribution in [1.29, 1.82) is 0 Å². The number of hydrogen-bond acceptors (Lipinski definition) is 4. The van der Waals surface area contributed by atoms with E-state index >= 15 is 0 Å². The first-order valence-electron chi connectivity index (χ1n) is 4.52. The van der Waals surface area contributed by atoms with Gasteiger partial charge in [-0.2, -0.15) is 0 Å². The molecule has 74 valence electrons. The summed E-state index contributed by atoms with van der Waals surface area (Å²) in [5.74, 6) is -0.384. The molecular weight excluding hydrogens is 171 g/mol. The lowest BCUT2D eigenvalue weighted by molar-refractivity contribution is -0.143. The van der Waals surface area contributed by atoms with E-state index in [9.17, 15) is 15.0 Å². The van der Waals surface area contributed by atoms with E-state index in [0.29, 0.717) is 6.42 Å². The molecule has 0 aromatic heterocycles. The van der Waals surface area contributed by atoms with Crippen LogP contribution in [0.3, 0.4) is 0 Å². The summed E-state index contributed by atoms with van der Waals surface area (Å²) in [7, 11) is 1.88. The molecule has 13 heavy (non-hydrogen) atoms. The van der Waals surface area contributed by atoms with Gasteiger partial charge in [0.25, 0.3) is 0 Å². The summed E-state index contributed by atoms with van der Waals surface area (Å²) in [6, 6.07) is 0. The molecule has 1 aliphatic rings. The van der Waals surface area contributed by atoms with Crippen LogP contribution in [0.4, 0.5) is 0 Å². The first-order valence-corrected chi connectivity index (χ1v) is 4.52. The largest absolute Gasteiger partial charge is 0.465 e. The van der Waals surface area contributed by atoms with Crippen molar-refractivity contribution in [2.24, 2.45) is 5.92 Å². The van der Waals surface area contributed by atoms with Crippen LogP contribution in [0, 0.1) is 5.92 Å². The maximum absolute atomic E-state index is 10.5. The molecule has 4 atom stereocenters. The number of aliphatic hydroxyl groups excluding tert-OH is 2. The van der Waals surface area contributed by atoms with Crippen LogP contribution >= 0.6 is 0 Å². The highest BCUT2D eigenvalue weighted by Crippen LogP contribution is 2.33.